The summed E-state index contributed by atoms with van der Waals surface area (Å²) in [4.78, 5) is 0. The summed E-state index contributed by atoms with van der Waals surface area (Å²) in [6.45, 7) is 9.12. The zero-order valence-electron chi connectivity index (χ0n) is 12.5. The molecule has 3 nitrogen and oxygen atoms in total. The van der Waals surface area contributed by atoms with Crippen LogP contribution in [0.15, 0.2) is 12.2 Å². The summed E-state index contributed by atoms with van der Waals surface area (Å²) in [6.07, 6.45) is 7.46. The van der Waals surface area contributed by atoms with Gasteiger partial charge in [0.15, 0.2) is 0 Å². The lowest BCUT2D eigenvalue weighted by atomic mass is 9.69. The van der Waals surface area contributed by atoms with Crippen molar-refractivity contribution in [2.75, 3.05) is 6.54 Å². The third-order valence-electron chi connectivity index (χ3n) is 4.23. The van der Waals surface area contributed by atoms with Gasteiger partial charge in [-0.1, -0.05) is 45.8 Å². The molecule has 3 heteroatoms. The standard InChI is InChI=1S/C15H32N2O/c1-5-10-15(4,12(3)6-2)14(18)13(17)9-7-8-11-16/h5,10,12-14,18H,6-9,11,16-17H2,1-4H3/t12?,13-,14?,15?/m1/s1. The summed E-state index contributed by atoms with van der Waals surface area (Å²) in [7, 11) is 0. The van der Waals surface area contributed by atoms with Gasteiger partial charge >= 0.3 is 0 Å². The first kappa shape index (κ1) is 17.6. The highest BCUT2D eigenvalue weighted by Crippen LogP contribution is 2.36. The van der Waals surface area contributed by atoms with Gasteiger partial charge < -0.3 is 16.6 Å². The Morgan fingerprint density at radius 3 is 2.39 bits per heavy atom. The van der Waals surface area contributed by atoms with Crippen molar-refractivity contribution in [1.82, 2.24) is 0 Å². The Labute approximate surface area is 113 Å². The fraction of sp³-hybridized carbons (Fsp3) is 0.867. The van der Waals surface area contributed by atoms with Gasteiger partial charge in [-0.2, -0.15) is 0 Å². The van der Waals surface area contributed by atoms with E-state index in [0.717, 1.165) is 25.7 Å². The van der Waals surface area contributed by atoms with Gasteiger partial charge in [0.1, 0.15) is 0 Å². The molecule has 0 radical (unpaired) electrons. The number of hydrogen-bond donors (Lipinski definition) is 3. The van der Waals surface area contributed by atoms with Gasteiger partial charge in [-0.3, -0.25) is 0 Å². The molecule has 4 atom stereocenters. The smallest absolute Gasteiger partial charge is 0.0781 e. The van der Waals surface area contributed by atoms with Crippen LogP contribution >= 0.6 is 0 Å². The highest BCUT2D eigenvalue weighted by molar-refractivity contribution is 5.05. The van der Waals surface area contributed by atoms with Gasteiger partial charge in [0.05, 0.1) is 6.10 Å². The molecule has 0 bridgehead atoms. The third-order valence-corrected chi connectivity index (χ3v) is 4.23. The van der Waals surface area contributed by atoms with Crippen LogP contribution in [0.4, 0.5) is 0 Å². The summed E-state index contributed by atoms with van der Waals surface area (Å²) in [5.74, 6) is 0.407. The Hall–Kier alpha value is -0.380. The zero-order chi connectivity index (χ0) is 14.2. The monoisotopic (exact) mass is 256 g/mol. The number of rotatable bonds is 9. The van der Waals surface area contributed by atoms with E-state index in [2.05, 4.69) is 26.8 Å². The number of nitrogens with two attached hydrogens (primary N) is 2. The van der Waals surface area contributed by atoms with Crippen LogP contribution in [0.1, 0.15) is 53.4 Å². The molecule has 0 aliphatic heterocycles. The van der Waals surface area contributed by atoms with Crippen LogP contribution in [-0.4, -0.2) is 23.8 Å². The van der Waals surface area contributed by atoms with Gasteiger partial charge in [0.25, 0.3) is 0 Å². The van der Waals surface area contributed by atoms with Crippen molar-refractivity contribution in [1.29, 1.82) is 0 Å². The number of hydrogen-bond acceptors (Lipinski definition) is 3. The topological polar surface area (TPSA) is 72.3 Å². The summed E-state index contributed by atoms with van der Waals surface area (Å²) >= 11 is 0. The normalized spacial score (nSPS) is 20.6. The first-order valence-electron chi connectivity index (χ1n) is 7.21. The molecule has 5 N–H and O–H groups in total. The lowest BCUT2D eigenvalue weighted by molar-refractivity contribution is 0.0108. The Bertz CT molecular complexity index is 243. The summed E-state index contributed by atoms with van der Waals surface area (Å²) in [5, 5.41) is 10.6. The van der Waals surface area contributed by atoms with Crippen LogP contribution in [0.2, 0.25) is 0 Å². The van der Waals surface area contributed by atoms with Crippen molar-refractivity contribution >= 4 is 0 Å². The fourth-order valence-corrected chi connectivity index (χ4v) is 2.50. The van der Waals surface area contributed by atoms with Gasteiger partial charge in [0, 0.05) is 11.5 Å². The minimum atomic E-state index is -0.499. The molecule has 0 saturated carbocycles. The lowest BCUT2D eigenvalue weighted by Crippen LogP contribution is -2.48. The summed E-state index contributed by atoms with van der Waals surface area (Å²) < 4.78 is 0. The Morgan fingerprint density at radius 1 is 1.33 bits per heavy atom. The Kier molecular flexibility index (Phi) is 8.49. The molecule has 3 unspecified atom stereocenters. The zero-order valence-corrected chi connectivity index (χ0v) is 12.5. The molecular formula is C15H32N2O. The second-order valence-corrected chi connectivity index (χ2v) is 5.57. The minimum Gasteiger partial charge on any atom is -0.391 e. The van der Waals surface area contributed by atoms with E-state index < -0.39 is 6.10 Å². The fourth-order valence-electron chi connectivity index (χ4n) is 2.50. The van der Waals surface area contributed by atoms with E-state index in [1.54, 1.807) is 0 Å². The number of aliphatic hydroxyl groups is 1. The molecule has 0 aromatic carbocycles. The van der Waals surface area contributed by atoms with E-state index in [4.69, 9.17) is 11.5 Å². The minimum absolute atomic E-state index is 0.174. The van der Waals surface area contributed by atoms with Crippen LogP contribution in [0, 0.1) is 11.3 Å². The Balaban J connectivity index is 4.69. The van der Waals surface area contributed by atoms with Crippen molar-refractivity contribution in [3.8, 4) is 0 Å². The molecule has 0 fully saturated rings. The first-order valence-corrected chi connectivity index (χ1v) is 7.21. The summed E-state index contributed by atoms with van der Waals surface area (Å²) in [5.41, 5.74) is 11.4. The quantitative estimate of drug-likeness (QED) is 0.438. The molecule has 108 valence electrons. The molecule has 0 amide bonds. The molecule has 0 aliphatic carbocycles. The molecule has 0 saturated heterocycles. The van der Waals surface area contributed by atoms with Gasteiger partial charge in [0.2, 0.25) is 0 Å². The lowest BCUT2D eigenvalue weighted by Gasteiger charge is -2.40. The van der Waals surface area contributed by atoms with Crippen molar-refractivity contribution in [3.05, 3.63) is 12.2 Å². The van der Waals surface area contributed by atoms with Crippen molar-refractivity contribution < 1.29 is 5.11 Å². The van der Waals surface area contributed by atoms with Crippen molar-refractivity contribution in [2.24, 2.45) is 22.8 Å². The van der Waals surface area contributed by atoms with Gasteiger partial charge in [-0.25, -0.2) is 0 Å². The average molecular weight is 256 g/mol. The molecule has 0 aromatic heterocycles. The first-order chi connectivity index (χ1) is 8.43. The molecule has 0 aliphatic rings. The van der Waals surface area contributed by atoms with E-state index in [-0.39, 0.29) is 11.5 Å². The Morgan fingerprint density at radius 2 is 1.94 bits per heavy atom. The highest BCUT2D eigenvalue weighted by atomic mass is 16.3. The third kappa shape index (κ3) is 4.71. The van der Waals surface area contributed by atoms with E-state index in [9.17, 15) is 5.11 Å². The van der Waals surface area contributed by atoms with E-state index >= 15 is 0 Å². The maximum absolute atomic E-state index is 10.6. The second kappa shape index (κ2) is 8.68. The van der Waals surface area contributed by atoms with E-state index in [0.29, 0.717) is 12.5 Å². The van der Waals surface area contributed by atoms with Gasteiger partial charge in [-0.15, -0.1) is 0 Å². The van der Waals surface area contributed by atoms with Crippen LogP contribution < -0.4 is 11.5 Å². The molecule has 0 spiro atoms. The predicted molar refractivity (Wildman–Crippen MR) is 79.3 cm³/mol. The van der Waals surface area contributed by atoms with Gasteiger partial charge in [-0.05, 0) is 32.2 Å². The predicted octanol–water partition coefficient (Wildman–Crippen LogP) is 2.43. The number of unbranched alkanes of at least 4 members (excludes halogenated alkanes) is 1. The number of aliphatic hydroxyl groups excluding tert-OH is 1. The maximum Gasteiger partial charge on any atom is 0.0781 e. The molecule has 0 aromatic rings. The van der Waals surface area contributed by atoms with E-state index in [1.165, 1.54) is 0 Å². The largest absolute Gasteiger partial charge is 0.391 e. The molecule has 0 rings (SSSR count). The van der Waals surface area contributed by atoms with Crippen LogP contribution in [0.3, 0.4) is 0 Å². The molecule has 18 heavy (non-hydrogen) atoms. The summed E-state index contributed by atoms with van der Waals surface area (Å²) in [6, 6.07) is -0.174. The number of allylic oxidation sites excluding steroid dienone is 1. The second-order valence-electron chi connectivity index (χ2n) is 5.57. The average Bonchev–Trinajstić information content (AvgIpc) is 2.37. The highest BCUT2D eigenvalue weighted by Gasteiger charge is 2.37. The van der Waals surface area contributed by atoms with Crippen LogP contribution in [0.5, 0.6) is 0 Å². The molecule has 0 heterocycles. The SMILES string of the molecule is CC=CC(C)(C(C)CC)C(O)[C@H](N)CCCCN. The maximum atomic E-state index is 10.6. The van der Waals surface area contributed by atoms with Crippen LogP contribution in [0.25, 0.3) is 0 Å². The van der Waals surface area contributed by atoms with Crippen molar-refractivity contribution in [3.63, 3.8) is 0 Å². The molecular weight excluding hydrogens is 224 g/mol. The van der Waals surface area contributed by atoms with Crippen molar-refractivity contribution in [2.45, 2.75) is 65.5 Å². The van der Waals surface area contributed by atoms with Crippen LogP contribution in [-0.2, 0) is 0 Å². The van der Waals surface area contributed by atoms with E-state index in [1.807, 2.05) is 13.0 Å².